The number of hydrogen-bond acceptors (Lipinski definition) is 4. The average Bonchev–Trinajstić information content (AvgIpc) is 2.53. The number of aliphatic carboxylic acids is 1. The van der Waals surface area contributed by atoms with Gasteiger partial charge in [-0.15, -0.1) is 11.3 Å². The summed E-state index contributed by atoms with van der Waals surface area (Å²) in [4.78, 5) is 15.1. The molecular formula is C9H12N2O2S. The van der Waals surface area contributed by atoms with Gasteiger partial charge in [-0.05, 0) is 19.3 Å². The molecule has 0 amide bonds. The van der Waals surface area contributed by atoms with Gasteiger partial charge in [-0.3, -0.25) is 10.1 Å². The minimum atomic E-state index is -0.737. The number of carbonyl (C=O) groups is 1. The van der Waals surface area contributed by atoms with Gasteiger partial charge in [0.2, 0.25) is 0 Å². The van der Waals surface area contributed by atoms with Crippen molar-refractivity contribution >= 4 is 17.3 Å². The van der Waals surface area contributed by atoms with E-state index in [1.54, 1.807) is 5.51 Å². The van der Waals surface area contributed by atoms with Crippen LogP contribution in [0.2, 0.25) is 0 Å². The lowest BCUT2D eigenvalue weighted by atomic mass is 9.77. The molecule has 2 N–H and O–H groups in total. The maximum Gasteiger partial charge on any atom is 0.323 e. The first kappa shape index (κ1) is 9.61. The number of aromatic nitrogens is 1. The molecule has 1 aromatic heterocycles. The van der Waals surface area contributed by atoms with Gasteiger partial charge < -0.3 is 5.11 Å². The molecule has 0 radical (unpaired) electrons. The largest absolute Gasteiger partial charge is 0.480 e. The summed E-state index contributed by atoms with van der Waals surface area (Å²) < 4.78 is 0. The van der Waals surface area contributed by atoms with Crippen LogP contribution in [-0.2, 0) is 11.3 Å². The molecule has 1 aromatic rings. The van der Waals surface area contributed by atoms with Gasteiger partial charge in [0.15, 0.2) is 0 Å². The van der Waals surface area contributed by atoms with Crippen molar-refractivity contribution in [2.24, 2.45) is 0 Å². The second-order valence-electron chi connectivity index (χ2n) is 3.57. The summed E-state index contributed by atoms with van der Waals surface area (Å²) in [5, 5.41) is 14.0. The molecule has 1 heterocycles. The van der Waals surface area contributed by atoms with Crippen LogP contribution in [0.4, 0.5) is 0 Å². The Balaban J connectivity index is 1.93. The molecule has 76 valence electrons. The molecule has 4 nitrogen and oxygen atoms in total. The van der Waals surface area contributed by atoms with Crippen LogP contribution in [-0.4, -0.2) is 21.6 Å². The summed E-state index contributed by atoms with van der Waals surface area (Å²) in [5.74, 6) is -0.737. The summed E-state index contributed by atoms with van der Waals surface area (Å²) in [7, 11) is 0. The number of nitrogens with zero attached hydrogens (tertiary/aromatic N) is 1. The number of thiazole rings is 1. The fourth-order valence-corrected chi connectivity index (χ4v) is 2.14. The van der Waals surface area contributed by atoms with Crippen LogP contribution in [0.15, 0.2) is 10.9 Å². The maximum atomic E-state index is 11.0. The molecule has 1 saturated carbocycles. The first-order valence-electron chi connectivity index (χ1n) is 4.58. The third-order valence-electron chi connectivity index (χ3n) is 2.71. The quantitative estimate of drug-likeness (QED) is 0.788. The van der Waals surface area contributed by atoms with Crippen molar-refractivity contribution < 1.29 is 9.90 Å². The predicted molar refractivity (Wildman–Crippen MR) is 53.2 cm³/mol. The van der Waals surface area contributed by atoms with Crippen LogP contribution >= 0.6 is 11.3 Å². The zero-order chi connectivity index (χ0) is 10.0. The van der Waals surface area contributed by atoms with E-state index in [4.69, 9.17) is 5.11 Å². The van der Waals surface area contributed by atoms with Gasteiger partial charge in [0.25, 0.3) is 0 Å². The Bertz CT molecular complexity index is 320. The van der Waals surface area contributed by atoms with E-state index in [1.807, 2.05) is 5.38 Å². The molecule has 1 fully saturated rings. The van der Waals surface area contributed by atoms with Crippen LogP contribution in [0.3, 0.4) is 0 Å². The van der Waals surface area contributed by atoms with E-state index >= 15 is 0 Å². The normalized spacial score (nSPS) is 18.9. The summed E-state index contributed by atoms with van der Waals surface area (Å²) in [6, 6.07) is 0. The van der Waals surface area contributed by atoms with E-state index < -0.39 is 11.5 Å². The Morgan fingerprint density at radius 2 is 2.50 bits per heavy atom. The van der Waals surface area contributed by atoms with Gasteiger partial charge in [-0.1, -0.05) is 0 Å². The average molecular weight is 212 g/mol. The third kappa shape index (κ3) is 1.65. The minimum Gasteiger partial charge on any atom is -0.480 e. The van der Waals surface area contributed by atoms with E-state index in [9.17, 15) is 4.79 Å². The molecule has 1 aliphatic rings. The van der Waals surface area contributed by atoms with Crippen molar-refractivity contribution in [2.45, 2.75) is 31.3 Å². The van der Waals surface area contributed by atoms with Crippen molar-refractivity contribution in [3.63, 3.8) is 0 Å². The van der Waals surface area contributed by atoms with Gasteiger partial charge in [-0.25, -0.2) is 4.98 Å². The number of hydrogen-bond donors (Lipinski definition) is 2. The first-order valence-corrected chi connectivity index (χ1v) is 5.53. The SMILES string of the molecule is O=C(O)C1(NCc2cscn2)CCC1. The Kier molecular flexibility index (Phi) is 2.52. The predicted octanol–water partition coefficient (Wildman–Crippen LogP) is 1.24. The lowest BCUT2D eigenvalue weighted by Crippen LogP contribution is -2.56. The molecule has 0 aliphatic heterocycles. The number of carboxylic acids is 1. The van der Waals surface area contributed by atoms with Gasteiger partial charge in [0.1, 0.15) is 5.54 Å². The van der Waals surface area contributed by atoms with E-state index in [0.717, 1.165) is 25.0 Å². The highest BCUT2D eigenvalue weighted by atomic mass is 32.1. The highest BCUT2D eigenvalue weighted by Gasteiger charge is 2.43. The number of nitrogens with one attached hydrogen (secondary N) is 1. The van der Waals surface area contributed by atoms with Gasteiger partial charge in [0, 0.05) is 11.9 Å². The Morgan fingerprint density at radius 1 is 1.71 bits per heavy atom. The zero-order valence-corrected chi connectivity index (χ0v) is 8.51. The molecule has 0 bridgehead atoms. The summed E-state index contributed by atoms with van der Waals surface area (Å²) in [6.45, 7) is 0.551. The number of carboxylic acid groups (broad SMARTS) is 1. The molecule has 0 atom stereocenters. The first-order chi connectivity index (χ1) is 6.73. The van der Waals surface area contributed by atoms with E-state index in [0.29, 0.717) is 6.54 Å². The number of rotatable bonds is 4. The Morgan fingerprint density at radius 3 is 2.93 bits per heavy atom. The van der Waals surface area contributed by atoms with Crippen LogP contribution in [0.5, 0.6) is 0 Å². The lowest BCUT2D eigenvalue weighted by Gasteiger charge is -2.38. The van der Waals surface area contributed by atoms with E-state index in [1.165, 1.54) is 11.3 Å². The fourth-order valence-electron chi connectivity index (χ4n) is 1.58. The molecule has 0 unspecified atom stereocenters. The molecule has 5 heteroatoms. The second-order valence-corrected chi connectivity index (χ2v) is 4.29. The highest BCUT2D eigenvalue weighted by molar-refractivity contribution is 7.07. The molecule has 14 heavy (non-hydrogen) atoms. The second kappa shape index (κ2) is 3.67. The van der Waals surface area contributed by atoms with Crippen LogP contribution < -0.4 is 5.32 Å². The highest BCUT2D eigenvalue weighted by Crippen LogP contribution is 2.32. The van der Waals surface area contributed by atoms with Crippen LogP contribution in [0.1, 0.15) is 25.0 Å². The molecule has 0 saturated heterocycles. The Labute approximate surface area is 86.0 Å². The summed E-state index contributed by atoms with van der Waals surface area (Å²) in [6.07, 6.45) is 2.45. The molecule has 0 spiro atoms. The van der Waals surface area contributed by atoms with Crippen molar-refractivity contribution in [1.82, 2.24) is 10.3 Å². The third-order valence-corrected chi connectivity index (χ3v) is 3.34. The monoisotopic (exact) mass is 212 g/mol. The molecule has 2 rings (SSSR count). The van der Waals surface area contributed by atoms with E-state index in [2.05, 4.69) is 10.3 Å². The van der Waals surface area contributed by atoms with Crippen molar-refractivity contribution in [1.29, 1.82) is 0 Å². The molecular weight excluding hydrogens is 200 g/mol. The van der Waals surface area contributed by atoms with Gasteiger partial charge >= 0.3 is 5.97 Å². The topological polar surface area (TPSA) is 62.2 Å². The van der Waals surface area contributed by atoms with Crippen LogP contribution in [0.25, 0.3) is 0 Å². The summed E-state index contributed by atoms with van der Waals surface area (Å²) in [5.41, 5.74) is 2.00. The maximum absolute atomic E-state index is 11.0. The Hall–Kier alpha value is -0.940. The van der Waals surface area contributed by atoms with Crippen molar-refractivity contribution in [2.75, 3.05) is 0 Å². The van der Waals surface area contributed by atoms with E-state index in [-0.39, 0.29) is 0 Å². The van der Waals surface area contributed by atoms with Crippen molar-refractivity contribution in [3.05, 3.63) is 16.6 Å². The smallest absolute Gasteiger partial charge is 0.323 e. The van der Waals surface area contributed by atoms with Gasteiger partial charge in [0.05, 0.1) is 11.2 Å². The van der Waals surface area contributed by atoms with Crippen LogP contribution in [0, 0.1) is 0 Å². The minimum absolute atomic E-state index is 0.551. The van der Waals surface area contributed by atoms with Crippen molar-refractivity contribution in [3.8, 4) is 0 Å². The molecule has 1 aliphatic carbocycles. The summed E-state index contributed by atoms with van der Waals surface area (Å²) >= 11 is 1.53. The lowest BCUT2D eigenvalue weighted by molar-refractivity contribution is -0.148. The standard InChI is InChI=1S/C9H12N2O2S/c12-8(13)9(2-1-3-9)11-4-7-5-14-6-10-7/h5-6,11H,1-4H2,(H,12,13). The van der Waals surface area contributed by atoms with Gasteiger partial charge in [-0.2, -0.15) is 0 Å². The molecule has 0 aromatic carbocycles. The zero-order valence-electron chi connectivity index (χ0n) is 7.69. The fraction of sp³-hybridized carbons (Fsp3) is 0.556.